The van der Waals surface area contributed by atoms with E-state index < -0.39 is 11.7 Å². The molecule has 0 atom stereocenters. The number of aromatic nitrogens is 2. The van der Waals surface area contributed by atoms with Crippen LogP contribution < -0.4 is 10.6 Å². The molecule has 124 valence electrons. The summed E-state index contributed by atoms with van der Waals surface area (Å²) >= 11 is 0. The lowest BCUT2D eigenvalue weighted by atomic mass is 10.2. The number of benzene rings is 1. The second-order valence-corrected chi connectivity index (χ2v) is 6.23. The molecule has 0 aliphatic carbocycles. The first-order valence-corrected chi connectivity index (χ1v) is 7.70. The van der Waals surface area contributed by atoms with Gasteiger partial charge in [0, 0.05) is 24.1 Å². The van der Waals surface area contributed by atoms with Crippen LogP contribution in [0.3, 0.4) is 0 Å². The van der Waals surface area contributed by atoms with Crippen molar-refractivity contribution in [1.29, 1.82) is 0 Å². The van der Waals surface area contributed by atoms with Crippen molar-refractivity contribution in [3.05, 3.63) is 42.5 Å². The number of anilines is 2. The second kappa shape index (κ2) is 7.17. The van der Waals surface area contributed by atoms with Gasteiger partial charge in [0.25, 0.3) is 0 Å². The lowest BCUT2D eigenvalue weighted by Gasteiger charge is -2.19. The van der Waals surface area contributed by atoms with E-state index in [1.54, 1.807) is 0 Å². The Bertz CT molecular complexity index is 659. The fourth-order valence-corrected chi connectivity index (χ4v) is 2.10. The van der Waals surface area contributed by atoms with E-state index in [-0.39, 0.29) is 0 Å². The average molecular weight is 316 g/mol. The van der Waals surface area contributed by atoms with Crippen LogP contribution in [0.15, 0.2) is 36.8 Å². The van der Waals surface area contributed by atoms with Gasteiger partial charge < -0.3 is 14.6 Å². The van der Waals surface area contributed by atoms with Crippen LogP contribution in [-0.2, 0) is 17.8 Å². The maximum Gasteiger partial charge on any atom is 0.412 e. The topological polar surface area (TPSA) is 68.2 Å². The number of rotatable bonds is 5. The Morgan fingerprint density at radius 1 is 1.30 bits per heavy atom. The average Bonchev–Trinajstić information content (AvgIpc) is 2.90. The molecule has 0 bridgehead atoms. The van der Waals surface area contributed by atoms with Crippen molar-refractivity contribution in [2.75, 3.05) is 10.6 Å². The van der Waals surface area contributed by atoms with Crippen LogP contribution in [0.2, 0.25) is 0 Å². The number of nitrogens with zero attached hydrogens (tertiary/aromatic N) is 2. The number of carbonyl (C=O) groups is 1. The molecule has 6 nitrogen and oxygen atoms in total. The maximum absolute atomic E-state index is 11.8. The van der Waals surface area contributed by atoms with E-state index in [4.69, 9.17) is 4.74 Å². The number of amides is 1. The first-order chi connectivity index (χ1) is 10.9. The maximum atomic E-state index is 11.8. The molecule has 0 radical (unpaired) electrons. The van der Waals surface area contributed by atoms with Gasteiger partial charge >= 0.3 is 6.09 Å². The van der Waals surface area contributed by atoms with Gasteiger partial charge in [-0.1, -0.05) is 6.07 Å². The van der Waals surface area contributed by atoms with Crippen molar-refractivity contribution < 1.29 is 9.53 Å². The molecule has 0 fully saturated rings. The lowest BCUT2D eigenvalue weighted by molar-refractivity contribution is 0.0636. The quantitative estimate of drug-likeness (QED) is 0.879. The number of carbonyl (C=O) groups excluding carboxylic acids is 1. The van der Waals surface area contributed by atoms with Crippen LogP contribution in [0, 0.1) is 0 Å². The van der Waals surface area contributed by atoms with Gasteiger partial charge in [0.05, 0.1) is 18.6 Å². The Kier molecular flexibility index (Phi) is 5.26. The summed E-state index contributed by atoms with van der Waals surface area (Å²) in [4.78, 5) is 15.9. The van der Waals surface area contributed by atoms with Crippen LogP contribution in [0.5, 0.6) is 0 Å². The van der Waals surface area contributed by atoms with Gasteiger partial charge in [-0.25, -0.2) is 9.78 Å². The first kappa shape index (κ1) is 16.9. The van der Waals surface area contributed by atoms with Crippen LogP contribution in [0.1, 0.15) is 33.4 Å². The highest BCUT2D eigenvalue weighted by atomic mass is 16.6. The normalized spacial score (nSPS) is 11.1. The van der Waals surface area contributed by atoms with E-state index in [0.29, 0.717) is 12.2 Å². The summed E-state index contributed by atoms with van der Waals surface area (Å²) in [6, 6.07) is 7.53. The molecule has 1 aromatic carbocycles. The molecule has 1 aromatic heterocycles. The molecule has 0 aliphatic heterocycles. The summed E-state index contributed by atoms with van der Waals surface area (Å²) in [7, 11) is 0. The Morgan fingerprint density at radius 3 is 2.74 bits per heavy atom. The van der Waals surface area contributed by atoms with Crippen LogP contribution in [-0.4, -0.2) is 21.2 Å². The van der Waals surface area contributed by atoms with Crippen LogP contribution in [0.4, 0.5) is 16.2 Å². The molecule has 6 heteroatoms. The molecule has 0 saturated heterocycles. The van der Waals surface area contributed by atoms with E-state index in [2.05, 4.69) is 27.1 Å². The first-order valence-electron chi connectivity index (χ1n) is 7.70. The third-order valence-electron chi connectivity index (χ3n) is 3.12. The van der Waals surface area contributed by atoms with E-state index in [9.17, 15) is 4.79 Å². The zero-order valence-corrected chi connectivity index (χ0v) is 14.1. The number of hydrogen-bond donors (Lipinski definition) is 2. The molecular weight excluding hydrogens is 292 g/mol. The summed E-state index contributed by atoms with van der Waals surface area (Å²) < 4.78 is 7.33. The summed E-state index contributed by atoms with van der Waals surface area (Å²) in [5, 5.41) is 6.07. The molecule has 0 unspecified atom stereocenters. The monoisotopic (exact) mass is 316 g/mol. The van der Waals surface area contributed by atoms with Gasteiger partial charge in [0.1, 0.15) is 5.60 Å². The van der Waals surface area contributed by atoms with Gasteiger partial charge in [0.15, 0.2) is 0 Å². The fraction of sp³-hybridized carbons (Fsp3) is 0.412. The Labute approximate surface area is 136 Å². The molecule has 2 aromatic rings. The Hall–Kier alpha value is -2.50. The summed E-state index contributed by atoms with van der Waals surface area (Å²) in [6.45, 7) is 9.14. The highest BCUT2D eigenvalue weighted by Crippen LogP contribution is 2.17. The van der Waals surface area contributed by atoms with Crippen molar-refractivity contribution in [1.82, 2.24) is 9.55 Å². The Balaban J connectivity index is 1.96. The molecule has 0 saturated carbocycles. The van der Waals surface area contributed by atoms with Crippen molar-refractivity contribution in [2.24, 2.45) is 0 Å². The van der Waals surface area contributed by atoms with E-state index in [1.807, 2.05) is 57.6 Å². The minimum atomic E-state index is -0.515. The minimum Gasteiger partial charge on any atom is -0.444 e. The van der Waals surface area contributed by atoms with E-state index >= 15 is 0 Å². The van der Waals surface area contributed by atoms with Crippen molar-refractivity contribution >= 4 is 17.5 Å². The summed E-state index contributed by atoms with van der Waals surface area (Å²) in [6.07, 6.45) is 3.20. The molecule has 2 rings (SSSR count). The standard InChI is InChI=1S/C17H24N4O2/c1-5-21-12-18-10-15(21)11-19-13-7-6-8-14(9-13)20-16(22)23-17(2,3)4/h6-10,12,19H,5,11H2,1-4H3,(H,20,22). The number of hydrogen-bond acceptors (Lipinski definition) is 4. The Morgan fingerprint density at radius 2 is 2.04 bits per heavy atom. The highest BCUT2D eigenvalue weighted by molar-refractivity contribution is 5.85. The van der Waals surface area contributed by atoms with E-state index in [0.717, 1.165) is 17.9 Å². The number of aryl methyl sites for hydroxylation is 1. The summed E-state index contributed by atoms with van der Waals surface area (Å²) in [5.74, 6) is 0. The van der Waals surface area contributed by atoms with E-state index in [1.165, 1.54) is 0 Å². The van der Waals surface area contributed by atoms with Crippen LogP contribution in [0.25, 0.3) is 0 Å². The minimum absolute atomic E-state index is 0.460. The predicted octanol–water partition coefficient (Wildman–Crippen LogP) is 3.86. The van der Waals surface area contributed by atoms with Crippen molar-refractivity contribution in [2.45, 2.75) is 46.4 Å². The van der Waals surface area contributed by atoms with Gasteiger partial charge in [-0.2, -0.15) is 0 Å². The fourth-order valence-electron chi connectivity index (χ4n) is 2.10. The van der Waals surface area contributed by atoms with Gasteiger partial charge in [0.2, 0.25) is 0 Å². The SMILES string of the molecule is CCn1cncc1CNc1cccc(NC(=O)OC(C)(C)C)c1. The molecule has 0 aliphatic rings. The smallest absolute Gasteiger partial charge is 0.412 e. The van der Waals surface area contributed by atoms with Gasteiger partial charge in [-0.3, -0.25) is 5.32 Å². The number of nitrogens with one attached hydrogen (secondary N) is 2. The van der Waals surface area contributed by atoms with Gasteiger partial charge in [-0.05, 0) is 45.9 Å². The third-order valence-corrected chi connectivity index (χ3v) is 3.12. The second-order valence-electron chi connectivity index (χ2n) is 6.23. The molecular formula is C17H24N4O2. The van der Waals surface area contributed by atoms with Crippen LogP contribution >= 0.6 is 0 Å². The largest absolute Gasteiger partial charge is 0.444 e. The third kappa shape index (κ3) is 5.32. The number of imidazole rings is 1. The molecule has 23 heavy (non-hydrogen) atoms. The van der Waals surface area contributed by atoms with Crippen molar-refractivity contribution in [3.8, 4) is 0 Å². The zero-order valence-electron chi connectivity index (χ0n) is 14.1. The molecule has 2 N–H and O–H groups in total. The zero-order chi connectivity index (χ0) is 16.9. The summed E-state index contributed by atoms with van der Waals surface area (Å²) in [5.41, 5.74) is 2.20. The molecule has 1 amide bonds. The predicted molar refractivity (Wildman–Crippen MR) is 91.5 cm³/mol. The van der Waals surface area contributed by atoms with Gasteiger partial charge in [-0.15, -0.1) is 0 Å². The lowest BCUT2D eigenvalue weighted by Crippen LogP contribution is -2.27. The molecule has 0 spiro atoms. The highest BCUT2D eigenvalue weighted by Gasteiger charge is 2.16. The number of ether oxygens (including phenoxy) is 1. The molecule has 1 heterocycles. The van der Waals surface area contributed by atoms with Crippen molar-refractivity contribution in [3.63, 3.8) is 0 Å².